The molecular weight excluding hydrogens is 387 g/mol. The van der Waals surface area contributed by atoms with Crippen LogP contribution in [0, 0.1) is 6.92 Å². The third-order valence-corrected chi connectivity index (χ3v) is 3.80. The molecule has 126 valence electrons. The van der Waals surface area contributed by atoms with Crippen LogP contribution in [0.1, 0.15) is 17.0 Å². The van der Waals surface area contributed by atoms with Gasteiger partial charge in [-0.2, -0.15) is 26.9 Å². The number of benzene rings is 1. The summed E-state index contributed by atoms with van der Waals surface area (Å²) in [5.74, 6) is -6.68. The van der Waals surface area contributed by atoms with Crippen molar-refractivity contribution in [1.29, 1.82) is 0 Å². The molecule has 0 atom stereocenters. The number of nitrogen functional groups attached to an aromatic ring is 1. The zero-order valence-electron chi connectivity index (χ0n) is 11.8. The van der Waals surface area contributed by atoms with Crippen LogP contribution in [0.25, 0.3) is 0 Å². The topological polar surface area (TPSA) is 56.7 Å². The van der Waals surface area contributed by atoms with E-state index in [4.69, 9.17) is 5.73 Å². The molecule has 1 aromatic carbocycles. The number of rotatable bonds is 4. The molecule has 0 aliphatic rings. The maximum absolute atomic E-state index is 13.2. The van der Waals surface area contributed by atoms with Crippen LogP contribution in [-0.4, -0.2) is 20.9 Å². The van der Waals surface area contributed by atoms with Gasteiger partial charge in [0.05, 0.1) is 0 Å². The van der Waals surface area contributed by atoms with Crippen molar-refractivity contribution in [2.45, 2.75) is 32.0 Å². The van der Waals surface area contributed by atoms with Crippen LogP contribution < -0.4 is 5.73 Å². The summed E-state index contributed by atoms with van der Waals surface area (Å²) in [6.07, 6.45) is -5.37. The van der Waals surface area contributed by atoms with E-state index in [2.05, 4.69) is 26.0 Å². The van der Waals surface area contributed by atoms with Gasteiger partial charge in [0.15, 0.2) is 4.73 Å². The largest absolute Gasteiger partial charge is 0.461 e. The number of aryl methyl sites for hydroxylation is 3. The molecule has 0 bridgehead atoms. The van der Waals surface area contributed by atoms with Gasteiger partial charge in [0.2, 0.25) is 5.82 Å². The number of anilines is 1. The van der Waals surface area contributed by atoms with E-state index in [-0.39, 0.29) is 11.3 Å². The zero-order valence-corrected chi connectivity index (χ0v) is 13.4. The van der Waals surface area contributed by atoms with E-state index in [9.17, 15) is 22.0 Å². The van der Waals surface area contributed by atoms with Crippen molar-refractivity contribution in [2.75, 3.05) is 5.73 Å². The first-order valence-corrected chi connectivity index (χ1v) is 7.22. The number of nitrogens with two attached hydrogens (primary N) is 1. The Balaban J connectivity index is 2.17. The molecule has 0 saturated carbocycles. The van der Waals surface area contributed by atoms with Crippen molar-refractivity contribution >= 4 is 21.6 Å². The molecule has 0 fully saturated rings. The van der Waals surface area contributed by atoms with Crippen molar-refractivity contribution in [3.8, 4) is 0 Å². The van der Waals surface area contributed by atoms with Crippen LogP contribution in [0.4, 0.5) is 27.6 Å². The standard InChI is InChI=1S/C13H12BrF5N4/c1-7-6-8(2-3-9(7)20)4-5-23-11(14)21-10(22-23)12(15,16)13(17,18)19/h2-3,6H,4-5,20H2,1H3. The Labute approximate surface area is 136 Å². The zero-order chi connectivity index (χ0) is 17.4. The van der Waals surface area contributed by atoms with E-state index < -0.39 is 17.9 Å². The van der Waals surface area contributed by atoms with Crippen molar-refractivity contribution in [2.24, 2.45) is 0 Å². The summed E-state index contributed by atoms with van der Waals surface area (Å²) in [5, 5.41) is 3.27. The molecule has 0 aliphatic heterocycles. The molecule has 23 heavy (non-hydrogen) atoms. The van der Waals surface area contributed by atoms with Gasteiger partial charge in [-0.1, -0.05) is 12.1 Å². The van der Waals surface area contributed by atoms with Gasteiger partial charge in [-0.15, -0.1) is 5.10 Å². The second kappa shape index (κ2) is 6.06. The Morgan fingerprint density at radius 2 is 1.87 bits per heavy atom. The molecule has 10 heteroatoms. The van der Waals surface area contributed by atoms with Crippen LogP contribution in [0.15, 0.2) is 22.9 Å². The van der Waals surface area contributed by atoms with Crippen molar-refractivity contribution in [3.05, 3.63) is 39.9 Å². The molecule has 4 nitrogen and oxygen atoms in total. The third-order valence-electron chi connectivity index (χ3n) is 3.21. The minimum absolute atomic E-state index is 0.0882. The first kappa shape index (κ1) is 17.6. The van der Waals surface area contributed by atoms with E-state index in [1.807, 2.05) is 13.0 Å². The highest BCUT2D eigenvalue weighted by molar-refractivity contribution is 9.10. The predicted molar refractivity (Wildman–Crippen MR) is 77.0 cm³/mol. The summed E-state index contributed by atoms with van der Waals surface area (Å²) < 4.78 is 64.2. The van der Waals surface area contributed by atoms with Crippen molar-refractivity contribution in [1.82, 2.24) is 14.8 Å². The Morgan fingerprint density at radius 1 is 1.22 bits per heavy atom. The van der Waals surface area contributed by atoms with E-state index in [0.717, 1.165) is 15.8 Å². The Morgan fingerprint density at radius 3 is 2.43 bits per heavy atom. The lowest BCUT2D eigenvalue weighted by molar-refractivity contribution is -0.292. The van der Waals surface area contributed by atoms with Gasteiger partial charge < -0.3 is 5.73 Å². The molecule has 0 radical (unpaired) electrons. The van der Waals surface area contributed by atoms with Gasteiger partial charge in [0, 0.05) is 12.2 Å². The van der Waals surface area contributed by atoms with Gasteiger partial charge in [-0.05, 0) is 46.5 Å². The molecule has 0 aliphatic carbocycles. The van der Waals surface area contributed by atoms with Gasteiger partial charge in [-0.3, -0.25) is 0 Å². The van der Waals surface area contributed by atoms with Crippen LogP contribution >= 0.6 is 15.9 Å². The quantitative estimate of drug-likeness (QED) is 0.628. The van der Waals surface area contributed by atoms with Gasteiger partial charge in [0.25, 0.3) is 0 Å². The van der Waals surface area contributed by atoms with Crippen LogP contribution in [0.3, 0.4) is 0 Å². The molecule has 1 heterocycles. The number of nitrogens with zero attached hydrogens (tertiary/aromatic N) is 3. The second-order valence-electron chi connectivity index (χ2n) is 4.94. The van der Waals surface area contributed by atoms with Crippen LogP contribution in [0.2, 0.25) is 0 Å². The van der Waals surface area contributed by atoms with Gasteiger partial charge >= 0.3 is 12.1 Å². The van der Waals surface area contributed by atoms with E-state index in [1.165, 1.54) is 0 Å². The lowest BCUT2D eigenvalue weighted by atomic mass is 10.1. The number of hydrogen-bond acceptors (Lipinski definition) is 3. The molecule has 0 saturated heterocycles. The Bertz CT molecular complexity index is 711. The Hall–Kier alpha value is -1.71. The van der Waals surface area contributed by atoms with Crippen molar-refractivity contribution in [3.63, 3.8) is 0 Å². The normalized spacial score (nSPS) is 12.7. The maximum Gasteiger partial charge on any atom is 0.461 e. The highest BCUT2D eigenvalue weighted by atomic mass is 79.9. The van der Waals surface area contributed by atoms with Crippen LogP contribution in [-0.2, 0) is 18.9 Å². The fourth-order valence-electron chi connectivity index (χ4n) is 1.85. The molecule has 0 spiro atoms. The smallest absolute Gasteiger partial charge is 0.399 e. The van der Waals surface area contributed by atoms with E-state index in [0.29, 0.717) is 12.1 Å². The second-order valence-corrected chi connectivity index (χ2v) is 5.65. The summed E-state index contributed by atoms with van der Waals surface area (Å²) in [5.41, 5.74) is 8.00. The molecule has 0 amide bonds. The molecule has 0 unspecified atom stereocenters. The summed E-state index contributed by atoms with van der Waals surface area (Å²) in [6.45, 7) is 1.90. The number of halogens is 6. The molecule has 1 aromatic heterocycles. The molecule has 2 aromatic rings. The number of aromatic nitrogens is 3. The summed E-state index contributed by atoms with van der Waals surface area (Å²) in [6, 6.07) is 5.26. The first-order chi connectivity index (χ1) is 10.5. The first-order valence-electron chi connectivity index (χ1n) is 6.42. The summed E-state index contributed by atoms with van der Waals surface area (Å²) >= 11 is 2.84. The maximum atomic E-state index is 13.2. The monoisotopic (exact) mass is 398 g/mol. The third kappa shape index (κ3) is 3.62. The average molecular weight is 399 g/mol. The molecule has 2 N–H and O–H groups in total. The minimum Gasteiger partial charge on any atom is -0.399 e. The molecule has 2 rings (SSSR count). The molecular formula is C13H12BrF5N4. The highest BCUT2D eigenvalue weighted by Crippen LogP contribution is 2.42. The van der Waals surface area contributed by atoms with Crippen LogP contribution in [0.5, 0.6) is 0 Å². The predicted octanol–water partition coefficient (Wildman–Crippen LogP) is 3.83. The number of alkyl halides is 5. The minimum atomic E-state index is -5.74. The average Bonchev–Trinajstić information content (AvgIpc) is 2.81. The highest BCUT2D eigenvalue weighted by Gasteiger charge is 2.61. The van der Waals surface area contributed by atoms with E-state index in [1.54, 1.807) is 12.1 Å². The SMILES string of the molecule is Cc1cc(CCn2nc(C(F)(F)C(F)(F)F)nc2Br)ccc1N. The fraction of sp³-hybridized carbons (Fsp3) is 0.385. The lowest BCUT2D eigenvalue weighted by Crippen LogP contribution is -2.35. The number of hydrogen-bond donors (Lipinski definition) is 1. The van der Waals surface area contributed by atoms with Crippen molar-refractivity contribution < 1.29 is 22.0 Å². The van der Waals surface area contributed by atoms with Gasteiger partial charge in [-0.25, -0.2) is 4.68 Å². The Kier molecular flexibility index (Phi) is 4.65. The lowest BCUT2D eigenvalue weighted by Gasteiger charge is -2.15. The van der Waals surface area contributed by atoms with Gasteiger partial charge in [0.1, 0.15) is 0 Å². The summed E-state index contributed by atoms with van der Waals surface area (Å²) in [7, 11) is 0. The fourth-order valence-corrected chi connectivity index (χ4v) is 2.28. The summed E-state index contributed by atoms with van der Waals surface area (Å²) in [4.78, 5) is 3.17. The van der Waals surface area contributed by atoms with E-state index >= 15 is 0 Å².